The lowest BCUT2D eigenvalue weighted by Crippen LogP contribution is -2.36. The van der Waals surface area contributed by atoms with E-state index in [0.29, 0.717) is 5.41 Å². The largest absolute Gasteiger partial charge is 0.497 e. The second-order valence-corrected chi connectivity index (χ2v) is 6.08. The van der Waals surface area contributed by atoms with Crippen LogP contribution in [0.1, 0.15) is 44.6 Å². The molecule has 0 radical (unpaired) electrons. The number of benzene rings is 1. The van der Waals surface area contributed by atoms with Crippen molar-refractivity contribution in [3.8, 4) is 5.75 Å². The van der Waals surface area contributed by atoms with Crippen LogP contribution in [0.5, 0.6) is 5.75 Å². The molecule has 106 valence electrons. The molecule has 1 aromatic rings. The normalized spacial score (nSPS) is 27.2. The van der Waals surface area contributed by atoms with Crippen molar-refractivity contribution in [3.63, 3.8) is 0 Å². The Morgan fingerprint density at radius 1 is 1.32 bits per heavy atom. The van der Waals surface area contributed by atoms with E-state index in [4.69, 9.17) is 10.5 Å². The highest BCUT2D eigenvalue weighted by Crippen LogP contribution is 2.41. The summed E-state index contributed by atoms with van der Waals surface area (Å²) in [6, 6.07) is 8.44. The summed E-state index contributed by atoms with van der Waals surface area (Å²) in [5, 5.41) is 0. The first-order chi connectivity index (χ1) is 9.21. The second kappa shape index (κ2) is 6.42. The van der Waals surface area contributed by atoms with E-state index < -0.39 is 0 Å². The number of rotatable bonds is 5. The predicted molar refractivity (Wildman–Crippen MR) is 80.4 cm³/mol. The van der Waals surface area contributed by atoms with Crippen molar-refractivity contribution in [3.05, 3.63) is 29.8 Å². The molecule has 0 aromatic heterocycles. The molecule has 1 aliphatic rings. The third-order valence-corrected chi connectivity index (χ3v) is 4.89. The van der Waals surface area contributed by atoms with E-state index >= 15 is 0 Å². The third kappa shape index (κ3) is 3.50. The van der Waals surface area contributed by atoms with Crippen molar-refractivity contribution in [2.24, 2.45) is 17.1 Å². The molecule has 1 aliphatic carbocycles. The fourth-order valence-electron chi connectivity index (χ4n) is 3.37. The van der Waals surface area contributed by atoms with Crippen molar-refractivity contribution < 1.29 is 4.74 Å². The van der Waals surface area contributed by atoms with Gasteiger partial charge in [0, 0.05) is 0 Å². The summed E-state index contributed by atoms with van der Waals surface area (Å²) >= 11 is 0. The molecule has 0 unspecified atom stereocenters. The lowest BCUT2D eigenvalue weighted by Gasteiger charge is -2.39. The van der Waals surface area contributed by atoms with Crippen molar-refractivity contribution in [2.75, 3.05) is 13.7 Å². The molecule has 1 fully saturated rings. The third-order valence-electron chi connectivity index (χ3n) is 4.89. The zero-order valence-electron chi connectivity index (χ0n) is 12.3. The van der Waals surface area contributed by atoms with Crippen LogP contribution in [0.3, 0.4) is 0 Å². The second-order valence-electron chi connectivity index (χ2n) is 6.08. The monoisotopic (exact) mass is 261 g/mol. The van der Waals surface area contributed by atoms with Crippen molar-refractivity contribution >= 4 is 0 Å². The zero-order chi connectivity index (χ0) is 13.7. The number of ether oxygens (including phenoxy) is 1. The van der Waals surface area contributed by atoms with Crippen molar-refractivity contribution in [1.82, 2.24) is 0 Å². The first-order valence-electron chi connectivity index (χ1n) is 7.54. The molecule has 0 heterocycles. The van der Waals surface area contributed by atoms with Gasteiger partial charge in [0.15, 0.2) is 0 Å². The molecule has 0 amide bonds. The van der Waals surface area contributed by atoms with Gasteiger partial charge in [-0.15, -0.1) is 0 Å². The Hall–Kier alpha value is -1.02. The van der Waals surface area contributed by atoms with E-state index in [0.717, 1.165) is 24.6 Å². The molecule has 0 spiro atoms. The summed E-state index contributed by atoms with van der Waals surface area (Å²) < 4.78 is 5.31. The maximum Gasteiger partial charge on any atom is 0.119 e. The van der Waals surface area contributed by atoms with Gasteiger partial charge in [0.1, 0.15) is 5.75 Å². The van der Waals surface area contributed by atoms with Crippen LogP contribution in [-0.4, -0.2) is 13.7 Å². The average Bonchev–Trinajstić information content (AvgIpc) is 2.48. The summed E-state index contributed by atoms with van der Waals surface area (Å²) in [5.41, 5.74) is 7.79. The van der Waals surface area contributed by atoms with E-state index in [2.05, 4.69) is 25.1 Å². The highest BCUT2D eigenvalue weighted by atomic mass is 16.5. The Labute approximate surface area is 117 Å². The first-order valence-corrected chi connectivity index (χ1v) is 7.54. The number of hydrogen-bond donors (Lipinski definition) is 1. The number of hydrogen-bond acceptors (Lipinski definition) is 2. The Bertz CT molecular complexity index is 394. The molecular weight excluding hydrogens is 234 g/mol. The van der Waals surface area contributed by atoms with E-state index in [1.165, 1.54) is 37.7 Å². The minimum atomic E-state index is 0.317. The molecule has 0 aliphatic heterocycles. The van der Waals surface area contributed by atoms with Gasteiger partial charge in [0.05, 0.1) is 7.11 Å². The smallest absolute Gasteiger partial charge is 0.119 e. The maximum absolute atomic E-state index is 6.11. The minimum absolute atomic E-state index is 0.317. The molecule has 2 nitrogen and oxygen atoms in total. The van der Waals surface area contributed by atoms with E-state index in [-0.39, 0.29) is 0 Å². The Morgan fingerprint density at radius 2 is 2.05 bits per heavy atom. The van der Waals surface area contributed by atoms with Crippen LogP contribution in [0.4, 0.5) is 0 Å². The van der Waals surface area contributed by atoms with Gasteiger partial charge in [-0.1, -0.05) is 25.5 Å². The topological polar surface area (TPSA) is 35.2 Å². The van der Waals surface area contributed by atoms with Gasteiger partial charge >= 0.3 is 0 Å². The minimum Gasteiger partial charge on any atom is -0.497 e. The fraction of sp³-hybridized carbons (Fsp3) is 0.647. The van der Waals surface area contributed by atoms with E-state index in [9.17, 15) is 0 Å². The Balaban J connectivity index is 2.06. The summed E-state index contributed by atoms with van der Waals surface area (Å²) in [6.45, 7) is 3.11. The van der Waals surface area contributed by atoms with Crippen LogP contribution in [0.15, 0.2) is 24.3 Å². The molecular formula is C17H27NO. The highest BCUT2D eigenvalue weighted by molar-refractivity contribution is 5.29. The molecule has 0 saturated heterocycles. The number of nitrogens with two attached hydrogens (primary N) is 1. The van der Waals surface area contributed by atoms with Gasteiger partial charge in [-0.05, 0) is 67.7 Å². The Kier molecular flexibility index (Phi) is 4.87. The van der Waals surface area contributed by atoms with Gasteiger partial charge in [-0.2, -0.15) is 0 Å². The molecule has 0 atom stereocenters. The lowest BCUT2D eigenvalue weighted by atomic mass is 9.67. The van der Waals surface area contributed by atoms with Gasteiger partial charge in [0.25, 0.3) is 0 Å². The van der Waals surface area contributed by atoms with Crippen LogP contribution >= 0.6 is 0 Å². The van der Waals surface area contributed by atoms with Crippen LogP contribution < -0.4 is 10.5 Å². The van der Waals surface area contributed by atoms with Gasteiger partial charge in [-0.3, -0.25) is 0 Å². The van der Waals surface area contributed by atoms with E-state index in [1.54, 1.807) is 7.11 Å². The molecule has 19 heavy (non-hydrogen) atoms. The maximum atomic E-state index is 6.11. The van der Waals surface area contributed by atoms with E-state index in [1.807, 2.05) is 6.07 Å². The summed E-state index contributed by atoms with van der Waals surface area (Å²) in [5.74, 6) is 1.87. The molecule has 2 rings (SSSR count). The predicted octanol–water partition coefficient (Wildman–Crippen LogP) is 3.78. The average molecular weight is 261 g/mol. The SMILES string of the molecule is CCC1CCC(CN)(Cc2cccc(OC)c2)CC1. The molecule has 0 bridgehead atoms. The molecule has 1 aromatic carbocycles. The summed E-state index contributed by atoms with van der Waals surface area (Å²) in [6.07, 6.45) is 7.66. The van der Waals surface area contributed by atoms with Crippen molar-refractivity contribution in [2.45, 2.75) is 45.4 Å². The molecule has 2 N–H and O–H groups in total. The van der Waals surface area contributed by atoms with Gasteiger partial charge in [-0.25, -0.2) is 0 Å². The fourth-order valence-corrected chi connectivity index (χ4v) is 3.37. The quantitative estimate of drug-likeness (QED) is 0.875. The standard InChI is InChI=1S/C17H27NO/c1-3-14-7-9-17(13-18,10-8-14)12-15-5-4-6-16(11-15)19-2/h4-6,11,14H,3,7-10,12-13,18H2,1-2H3. The van der Waals surface area contributed by atoms with Gasteiger partial charge < -0.3 is 10.5 Å². The molecule has 1 saturated carbocycles. The van der Waals surface area contributed by atoms with Crippen LogP contribution in [0, 0.1) is 11.3 Å². The van der Waals surface area contributed by atoms with Crippen LogP contribution in [0.2, 0.25) is 0 Å². The van der Waals surface area contributed by atoms with Gasteiger partial charge in [0.2, 0.25) is 0 Å². The van der Waals surface area contributed by atoms with Crippen molar-refractivity contribution in [1.29, 1.82) is 0 Å². The zero-order valence-corrected chi connectivity index (χ0v) is 12.3. The summed E-state index contributed by atoms with van der Waals surface area (Å²) in [7, 11) is 1.73. The molecule has 2 heteroatoms. The Morgan fingerprint density at radius 3 is 2.63 bits per heavy atom. The number of methoxy groups -OCH3 is 1. The lowest BCUT2D eigenvalue weighted by molar-refractivity contribution is 0.153. The summed E-state index contributed by atoms with van der Waals surface area (Å²) in [4.78, 5) is 0. The van der Waals surface area contributed by atoms with Crippen LogP contribution in [-0.2, 0) is 6.42 Å². The first kappa shape index (κ1) is 14.4. The highest BCUT2D eigenvalue weighted by Gasteiger charge is 2.33. The van der Waals surface area contributed by atoms with Crippen LogP contribution in [0.25, 0.3) is 0 Å².